The lowest BCUT2D eigenvalue weighted by Crippen LogP contribution is -2.52. The molecule has 0 unspecified atom stereocenters. The summed E-state index contributed by atoms with van der Waals surface area (Å²) in [6, 6.07) is 12.0. The number of carbonyl (C=O) groups is 1. The van der Waals surface area contributed by atoms with Crippen LogP contribution in [0.25, 0.3) is 16.6 Å². The van der Waals surface area contributed by atoms with E-state index in [0.29, 0.717) is 23.2 Å². The van der Waals surface area contributed by atoms with Crippen molar-refractivity contribution in [3.63, 3.8) is 0 Å². The number of halogens is 2. The third kappa shape index (κ3) is 5.58. The molecule has 0 radical (unpaired) electrons. The molecule has 0 spiro atoms. The molecule has 2 aliphatic heterocycles. The van der Waals surface area contributed by atoms with Crippen LogP contribution in [-0.4, -0.2) is 71.2 Å². The highest BCUT2D eigenvalue weighted by Gasteiger charge is 2.32. The van der Waals surface area contributed by atoms with Crippen LogP contribution in [0.15, 0.2) is 48.8 Å². The Bertz CT molecular complexity index is 1300. The van der Waals surface area contributed by atoms with Gasteiger partial charge in [0.2, 0.25) is 5.91 Å². The second-order valence-electron chi connectivity index (χ2n) is 10.0. The Hall–Kier alpha value is -2.38. The van der Waals surface area contributed by atoms with Crippen LogP contribution in [0.1, 0.15) is 49.8 Å². The second kappa shape index (κ2) is 11.6. The molecule has 6 nitrogen and oxygen atoms in total. The molecule has 0 saturated carbocycles. The van der Waals surface area contributed by atoms with Crippen LogP contribution in [0.5, 0.6) is 0 Å². The van der Waals surface area contributed by atoms with Crippen molar-refractivity contribution in [3.05, 3.63) is 70.0 Å². The summed E-state index contributed by atoms with van der Waals surface area (Å²) in [5.41, 5.74) is 5.46. The van der Waals surface area contributed by atoms with E-state index in [4.69, 9.17) is 27.9 Å². The number of methoxy groups -OCH3 is 1. The highest BCUT2D eigenvalue weighted by molar-refractivity contribution is 6.35. The summed E-state index contributed by atoms with van der Waals surface area (Å²) in [4.78, 5) is 22.3. The van der Waals surface area contributed by atoms with Gasteiger partial charge in [-0.25, -0.2) is 4.98 Å². The summed E-state index contributed by atoms with van der Waals surface area (Å²) in [5.74, 6) is 0.258. The first-order chi connectivity index (χ1) is 18.0. The number of benzene rings is 2. The highest BCUT2D eigenvalue weighted by Crippen LogP contribution is 2.32. The zero-order valence-electron chi connectivity index (χ0n) is 21.5. The molecule has 0 N–H and O–H groups in total. The quantitative estimate of drug-likeness (QED) is 0.365. The number of aromatic nitrogens is 2. The van der Waals surface area contributed by atoms with Crippen molar-refractivity contribution in [2.75, 3.05) is 39.9 Å². The van der Waals surface area contributed by atoms with E-state index in [9.17, 15) is 4.79 Å². The number of hydrogen-bond acceptors (Lipinski definition) is 4. The van der Waals surface area contributed by atoms with E-state index >= 15 is 0 Å². The highest BCUT2D eigenvalue weighted by atomic mass is 35.5. The van der Waals surface area contributed by atoms with Crippen LogP contribution in [0.4, 0.5) is 0 Å². The molecule has 37 heavy (non-hydrogen) atoms. The Morgan fingerprint density at radius 2 is 2.03 bits per heavy atom. The molecule has 1 amide bonds. The fourth-order valence-electron chi connectivity index (χ4n) is 5.61. The molecule has 8 heteroatoms. The lowest BCUT2D eigenvalue weighted by molar-refractivity contribution is -0.138. The van der Waals surface area contributed by atoms with Gasteiger partial charge in [-0.1, -0.05) is 47.8 Å². The fourth-order valence-corrected chi connectivity index (χ4v) is 6.18. The van der Waals surface area contributed by atoms with Gasteiger partial charge >= 0.3 is 0 Å². The molecule has 2 atom stereocenters. The molecule has 0 bridgehead atoms. The molecule has 3 heterocycles. The van der Waals surface area contributed by atoms with Crippen LogP contribution in [0.3, 0.4) is 0 Å². The predicted molar refractivity (Wildman–Crippen MR) is 150 cm³/mol. The minimum Gasteiger partial charge on any atom is -0.383 e. The van der Waals surface area contributed by atoms with Crippen LogP contribution in [-0.2, 0) is 9.53 Å². The Labute approximate surface area is 228 Å². The topological polar surface area (TPSA) is 50.6 Å². The maximum Gasteiger partial charge on any atom is 0.240 e. The standard InChI is InChI=1S/C29H34Cl2N4O2/c1-20(24-8-7-23(30)18-25(24)31)35-19-32-26-9-6-22(17-28(26)35)21-10-13-34(14-11-21)29(36)27-5-3-4-12-33(27)15-16-37-2/h6-10,17-20,27H,3-5,11-16H2,1-2H3/t20-,27-/m1/s1. The van der Waals surface area contributed by atoms with Crippen molar-refractivity contribution in [1.82, 2.24) is 19.4 Å². The van der Waals surface area contributed by atoms with Crippen molar-refractivity contribution < 1.29 is 9.53 Å². The van der Waals surface area contributed by atoms with Crippen molar-refractivity contribution in [2.24, 2.45) is 0 Å². The zero-order chi connectivity index (χ0) is 25.9. The van der Waals surface area contributed by atoms with Gasteiger partial charge in [-0.3, -0.25) is 9.69 Å². The van der Waals surface area contributed by atoms with Crippen molar-refractivity contribution in [1.29, 1.82) is 0 Å². The lowest BCUT2D eigenvalue weighted by Gasteiger charge is -2.38. The summed E-state index contributed by atoms with van der Waals surface area (Å²) >= 11 is 12.6. The van der Waals surface area contributed by atoms with Crippen molar-refractivity contribution in [2.45, 2.75) is 44.7 Å². The smallest absolute Gasteiger partial charge is 0.240 e. The Balaban J connectivity index is 1.33. The summed E-state index contributed by atoms with van der Waals surface area (Å²) in [5, 5.41) is 1.28. The SMILES string of the molecule is COCCN1CCCC[C@@H]1C(=O)N1CC=C(c2ccc3ncn([C@H](C)c4ccc(Cl)cc4Cl)c3c2)CC1. The van der Waals surface area contributed by atoms with E-state index in [0.717, 1.165) is 61.9 Å². The average Bonchev–Trinajstić information content (AvgIpc) is 3.35. The lowest BCUT2D eigenvalue weighted by atomic mass is 9.96. The maximum atomic E-state index is 13.4. The largest absolute Gasteiger partial charge is 0.383 e. The maximum absolute atomic E-state index is 13.4. The number of ether oxygens (including phenoxy) is 1. The first-order valence-corrected chi connectivity index (χ1v) is 13.8. The Kier molecular flexibility index (Phi) is 8.20. The van der Waals surface area contributed by atoms with Gasteiger partial charge in [0.1, 0.15) is 0 Å². The molecule has 1 fully saturated rings. The average molecular weight is 542 g/mol. The Morgan fingerprint density at radius 3 is 2.78 bits per heavy atom. The van der Waals surface area contributed by atoms with Crippen LogP contribution in [0.2, 0.25) is 10.0 Å². The van der Waals surface area contributed by atoms with Gasteiger partial charge in [0.25, 0.3) is 0 Å². The molecule has 1 aromatic heterocycles. The number of amides is 1. The summed E-state index contributed by atoms with van der Waals surface area (Å²) in [6.45, 7) is 5.96. The number of nitrogens with zero attached hydrogens (tertiary/aromatic N) is 4. The van der Waals surface area contributed by atoms with E-state index in [1.165, 1.54) is 11.1 Å². The van der Waals surface area contributed by atoms with E-state index in [-0.39, 0.29) is 18.0 Å². The second-order valence-corrected chi connectivity index (χ2v) is 10.8. The molecular formula is C29H34Cl2N4O2. The molecule has 1 saturated heterocycles. The monoisotopic (exact) mass is 540 g/mol. The minimum atomic E-state index is -0.0225. The number of piperidine rings is 1. The van der Waals surface area contributed by atoms with Crippen LogP contribution < -0.4 is 0 Å². The molecule has 0 aliphatic carbocycles. The molecule has 2 aromatic carbocycles. The van der Waals surface area contributed by atoms with Gasteiger partial charge in [-0.2, -0.15) is 0 Å². The van der Waals surface area contributed by atoms with Crippen molar-refractivity contribution in [3.8, 4) is 0 Å². The van der Waals surface area contributed by atoms with E-state index < -0.39 is 0 Å². The Morgan fingerprint density at radius 1 is 1.16 bits per heavy atom. The predicted octanol–water partition coefficient (Wildman–Crippen LogP) is 6.07. The third-order valence-corrected chi connectivity index (χ3v) is 8.34. The molecule has 196 valence electrons. The van der Waals surface area contributed by atoms with E-state index in [1.807, 2.05) is 23.4 Å². The van der Waals surface area contributed by atoms with Crippen LogP contribution in [0, 0.1) is 0 Å². The summed E-state index contributed by atoms with van der Waals surface area (Å²) in [7, 11) is 1.72. The minimum absolute atomic E-state index is 0.00927. The normalized spacial score (nSPS) is 19.7. The first-order valence-electron chi connectivity index (χ1n) is 13.1. The van der Waals surface area contributed by atoms with Gasteiger partial charge in [0.15, 0.2) is 0 Å². The van der Waals surface area contributed by atoms with Gasteiger partial charge < -0.3 is 14.2 Å². The number of hydrogen-bond donors (Lipinski definition) is 0. The third-order valence-electron chi connectivity index (χ3n) is 7.78. The molecule has 5 rings (SSSR count). The number of carbonyl (C=O) groups excluding carboxylic acids is 1. The molecule has 2 aliphatic rings. The van der Waals surface area contributed by atoms with E-state index in [2.05, 4.69) is 45.6 Å². The summed E-state index contributed by atoms with van der Waals surface area (Å²) < 4.78 is 7.43. The zero-order valence-corrected chi connectivity index (χ0v) is 23.0. The van der Waals surface area contributed by atoms with Gasteiger partial charge in [0, 0.05) is 36.8 Å². The van der Waals surface area contributed by atoms with Gasteiger partial charge in [0.05, 0.1) is 36.1 Å². The first kappa shape index (κ1) is 26.2. The number of fused-ring (bicyclic) bond motifs is 1. The van der Waals surface area contributed by atoms with Crippen molar-refractivity contribution >= 4 is 45.7 Å². The fraction of sp³-hybridized carbons (Fsp3) is 0.448. The van der Waals surface area contributed by atoms with E-state index in [1.54, 1.807) is 13.2 Å². The van der Waals surface area contributed by atoms with Gasteiger partial charge in [-0.15, -0.1) is 0 Å². The molecular weight excluding hydrogens is 507 g/mol. The van der Waals surface area contributed by atoms with Gasteiger partial charge in [-0.05, 0) is 73.7 Å². The number of rotatable bonds is 7. The number of imidazole rings is 1. The molecule has 3 aromatic rings. The summed E-state index contributed by atoms with van der Waals surface area (Å²) in [6.07, 6.45) is 8.13. The van der Waals surface area contributed by atoms with Crippen LogP contribution >= 0.6 is 23.2 Å². The number of likely N-dealkylation sites (tertiary alicyclic amines) is 1.